The third kappa shape index (κ3) is 3.88. The first-order valence-corrected chi connectivity index (χ1v) is 12.6. The van der Waals surface area contributed by atoms with E-state index >= 15 is 0 Å². The Labute approximate surface area is 204 Å². The topological polar surface area (TPSA) is 84.6 Å². The van der Waals surface area contributed by atoms with E-state index in [0.717, 1.165) is 36.4 Å². The van der Waals surface area contributed by atoms with Crippen molar-refractivity contribution in [2.45, 2.75) is 37.6 Å². The van der Waals surface area contributed by atoms with Gasteiger partial charge in [-0.2, -0.15) is 5.10 Å². The molecule has 8 nitrogen and oxygen atoms in total. The number of hydrogen-bond acceptors (Lipinski definition) is 6. The summed E-state index contributed by atoms with van der Waals surface area (Å²) in [6, 6.07) is 10.4. The van der Waals surface area contributed by atoms with E-state index in [-0.39, 0.29) is 23.5 Å². The predicted molar refractivity (Wildman–Crippen MR) is 128 cm³/mol. The molecule has 6 rings (SSSR count). The zero-order chi connectivity index (χ0) is 23.2. The summed E-state index contributed by atoms with van der Waals surface area (Å²) < 4.78 is 18.3. The maximum absolute atomic E-state index is 13.9. The lowest BCUT2D eigenvalue weighted by Gasteiger charge is -2.31. The van der Waals surface area contributed by atoms with E-state index in [4.69, 9.17) is 12.2 Å². The second kappa shape index (κ2) is 8.55. The van der Waals surface area contributed by atoms with Crippen LogP contribution < -0.4 is 0 Å². The number of piperidine rings is 1. The monoisotopic (exact) mass is 495 g/mol. The Morgan fingerprint density at radius 2 is 1.97 bits per heavy atom. The van der Waals surface area contributed by atoms with Gasteiger partial charge in [0.1, 0.15) is 11.6 Å². The first-order valence-electron chi connectivity index (χ1n) is 11.3. The number of H-pyrrole nitrogens is 1. The summed E-state index contributed by atoms with van der Waals surface area (Å²) in [4.78, 5) is 20.6. The van der Waals surface area contributed by atoms with Crippen molar-refractivity contribution in [3.8, 4) is 16.4 Å². The van der Waals surface area contributed by atoms with Crippen LogP contribution in [0.25, 0.3) is 16.4 Å². The number of carbonyl (C=O) groups is 1. The van der Waals surface area contributed by atoms with Gasteiger partial charge in [0.2, 0.25) is 5.82 Å². The van der Waals surface area contributed by atoms with E-state index in [1.165, 1.54) is 23.5 Å². The highest BCUT2D eigenvalue weighted by Gasteiger charge is 2.33. The number of hydrogen-bond donors (Lipinski definition) is 1. The van der Waals surface area contributed by atoms with E-state index in [0.29, 0.717) is 35.4 Å². The number of halogens is 1. The fraction of sp³-hybridized carbons (Fsp3) is 0.348. The Hall–Kier alpha value is -3.18. The zero-order valence-electron chi connectivity index (χ0n) is 18.2. The molecular formula is C23H22FN7OS2. The van der Waals surface area contributed by atoms with E-state index < -0.39 is 0 Å². The molecule has 0 spiro atoms. The predicted octanol–water partition coefficient (Wildman–Crippen LogP) is 4.74. The lowest BCUT2D eigenvalue weighted by molar-refractivity contribution is 0.0698. The maximum atomic E-state index is 13.9. The summed E-state index contributed by atoms with van der Waals surface area (Å²) in [5, 5.41) is 13.9. The first kappa shape index (κ1) is 21.4. The summed E-state index contributed by atoms with van der Waals surface area (Å²) in [6.07, 6.45) is 3.90. The van der Waals surface area contributed by atoms with Gasteiger partial charge >= 0.3 is 0 Å². The maximum Gasteiger partial charge on any atom is 0.293 e. The molecule has 2 aliphatic rings. The molecule has 11 heteroatoms. The van der Waals surface area contributed by atoms with Crippen molar-refractivity contribution in [3.05, 3.63) is 64.0 Å². The van der Waals surface area contributed by atoms with Crippen molar-refractivity contribution in [1.82, 2.24) is 34.4 Å². The van der Waals surface area contributed by atoms with Crippen LogP contribution >= 0.6 is 23.6 Å². The standard InChI is InChI=1S/C23H22FN7OS2/c24-15-3-1-4-17(13-15)31-21(18-5-2-12-34-18)25-19(28-31)22(32)29-10-8-14(9-11-29)20-26-27-23(33)30(20)16-6-7-16/h1-5,12-14,16H,6-11H2,(H,27,33). The van der Waals surface area contributed by atoms with Gasteiger partial charge in [-0.05, 0) is 67.5 Å². The second-order valence-electron chi connectivity index (χ2n) is 8.68. The Kier molecular flexibility index (Phi) is 5.37. The number of rotatable bonds is 5. The molecule has 34 heavy (non-hydrogen) atoms. The smallest absolute Gasteiger partial charge is 0.293 e. The summed E-state index contributed by atoms with van der Waals surface area (Å²) in [5.74, 6) is 1.33. The molecule has 1 amide bonds. The molecule has 174 valence electrons. The molecule has 1 aromatic carbocycles. The van der Waals surface area contributed by atoms with Crippen LogP contribution in [0.2, 0.25) is 0 Å². The van der Waals surface area contributed by atoms with Crippen LogP contribution in [0.5, 0.6) is 0 Å². The molecule has 0 unspecified atom stereocenters. The normalized spacial score (nSPS) is 16.8. The average Bonchev–Trinajstić information content (AvgIpc) is 3.24. The van der Waals surface area contributed by atoms with Crippen molar-refractivity contribution in [1.29, 1.82) is 0 Å². The fourth-order valence-electron chi connectivity index (χ4n) is 4.53. The zero-order valence-corrected chi connectivity index (χ0v) is 19.9. The van der Waals surface area contributed by atoms with Crippen LogP contribution in [-0.2, 0) is 0 Å². The van der Waals surface area contributed by atoms with Crippen LogP contribution in [0, 0.1) is 10.6 Å². The number of likely N-dealkylation sites (tertiary alicyclic amines) is 1. The largest absolute Gasteiger partial charge is 0.336 e. The van der Waals surface area contributed by atoms with Crippen molar-refractivity contribution >= 4 is 29.5 Å². The first-order chi connectivity index (χ1) is 16.6. The van der Waals surface area contributed by atoms with Gasteiger partial charge in [-0.25, -0.2) is 14.1 Å². The molecule has 1 saturated carbocycles. The Bertz CT molecular complexity index is 1390. The van der Waals surface area contributed by atoms with Gasteiger partial charge in [0.25, 0.3) is 5.91 Å². The van der Waals surface area contributed by atoms with Crippen LogP contribution in [0.1, 0.15) is 54.1 Å². The van der Waals surface area contributed by atoms with E-state index in [9.17, 15) is 9.18 Å². The van der Waals surface area contributed by atoms with Crippen LogP contribution in [-0.4, -0.2) is 53.4 Å². The average molecular weight is 496 g/mol. The van der Waals surface area contributed by atoms with E-state index in [1.807, 2.05) is 17.5 Å². The summed E-state index contributed by atoms with van der Waals surface area (Å²) in [7, 11) is 0. The third-order valence-electron chi connectivity index (χ3n) is 6.38. The highest BCUT2D eigenvalue weighted by molar-refractivity contribution is 7.71. The van der Waals surface area contributed by atoms with Gasteiger partial charge in [-0.15, -0.1) is 16.4 Å². The quantitative estimate of drug-likeness (QED) is 0.404. The van der Waals surface area contributed by atoms with E-state index in [2.05, 4.69) is 24.8 Å². The van der Waals surface area contributed by atoms with Crippen LogP contribution in [0.15, 0.2) is 41.8 Å². The van der Waals surface area contributed by atoms with Crippen molar-refractivity contribution in [3.63, 3.8) is 0 Å². The lowest BCUT2D eigenvalue weighted by atomic mass is 9.95. The Balaban J connectivity index is 1.24. The number of aromatic amines is 1. The molecule has 4 heterocycles. The summed E-state index contributed by atoms with van der Waals surface area (Å²) in [5.41, 5.74) is 0.525. The highest BCUT2D eigenvalue weighted by atomic mass is 32.1. The molecule has 0 radical (unpaired) electrons. The molecule has 2 fully saturated rings. The minimum Gasteiger partial charge on any atom is -0.336 e. The Morgan fingerprint density at radius 3 is 2.68 bits per heavy atom. The van der Waals surface area contributed by atoms with Crippen LogP contribution in [0.4, 0.5) is 4.39 Å². The summed E-state index contributed by atoms with van der Waals surface area (Å²) in [6.45, 7) is 1.19. The van der Waals surface area contributed by atoms with Gasteiger partial charge in [-0.1, -0.05) is 12.1 Å². The lowest BCUT2D eigenvalue weighted by Crippen LogP contribution is -2.39. The van der Waals surface area contributed by atoms with Crippen molar-refractivity contribution in [2.75, 3.05) is 13.1 Å². The number of benzene rings is 1. The number of amides is 1. The molecule has 3 aromatic heterocycles. The minimum atomic E-state index is -0.371. The molecule has 1 aliphatic carbocycles. The number of carbonyl (C=O) groups excluding carboxylic acids is 1. The van der Waals surface area contributed by atoms with Gasteiger partial charge in [0.05, 0.1) is 10.6 Å². The number of nitrogens with zero attached hydrogens (tertiary/aromatic N) is 6. The SMILES string of the molecule is O=C(c1nc(-c2cccs2)n(-c2cccc(F)c2)n1)N1CCC(c2n[nH]c(=S)n2C2CC2)CC1. The molecular weight excluding hydrogens is 473 g/mol. The third-order valence-corrected chi connectivity index (χ3v) is 7.54. The fourth-order valence-corrected chi connectivity index (χ4v) is 5.52. The van der Waals surface area contributed by atoms with Crippen LogP contribution in [0.3, 0.4) is 0 Å². The van der Waals surface area contributed by atoms with Gasteiger partial charge < -0.3 is 9.47 Å². The highest BCUT2D eigenvalue weighted by Crippen LogP contribution is 2.39. The molecule has 0 atom stereocenters. The number of aromatic nitrogens is 6. The molecule has 1 N–H and O–H groups in total. The van der Waals surface area contributed by atoms with Crippen molar-refractivity contribution < 1.29 is 9.18 Å². The van der Waals surface area contributed by atoms with Crippen molar-refractivity contribution in [2.24, 2.45) is 0 Å². The second-order valence-corrected chi connectivity index (χ2v) is 10.0. The Morgan fingerprint density at radius 1 is 1.15 bits per heavy atom. The number of nitrogens with one attached hydrogen (secondary N) is 1. The van der Waals surface area contributed by atoms with Gasteiger partial charge in [-0.3, -0.25) is 9.89 Å². The molecule has 0 bridgehead atoms. The molecule has 4 aromatic rings. The molecule has 1 aliphatic heterocycles. The summed E-state index contributed by atoms with van der Waals surface area (Å²) >= 11 is 6.92. The van der Waals surface area contributed by atoms with Gasteiger partial charge in [0, 0.05) is 25.0 Å². The number of thiophene rings is 1. The minimum absolute atomic E-state index is 0.117. The van der Waals surface area contributed by atoms with E-state index in [1.54, 1.807) is 21.7 Å². The molecule has 1 saturated heterocycles. The van der Waals surface area contributed by atoms with Gasteiger partial charge in [0.15, 0.2) is 10.6 Å².